The number of rotatable bonds is 4. The lowest BCUT2D eigenvalue weighted by molar-refractivity contribution is -0.117. The molecule has 0 unspecified atom stereocenters. The first kappa shape index (κ1) is 14.2. The van der Waals surface area contributed by atoms with Gasteiger partial charge < -0.3 is 4.90 Å². The summed E-state index contributed by atoms with van der Waals surface area (Å²) in [5, 5.41) is 8.80. The lowest BCUT2D eigenvalue weighted by atomic mass is 10.1. The SMILES string of the molecule is Cc1nnc(SCC(=O)c2ccc3c(c2)CC(=O)N3C)s1. The van der Waals surface area contributed by atoms with Crippen LogP contribution in [0.15, 0.2) is 22.5 Å². The normalized spacial score (nSPS) is 13.6. The third kappa shape index (κ3) is 2.84. The van der Waals surface area contributed by atoms with Crippen LogP contribution in [0.1, 0.15) is 20.9 Å². The van der Waals surface area contributed by atoms with Gasteiger partial charge in [0.1, 0.15) is 5.01 Å². The molecule has 0 bridgehead atoms. The van der Waals surface area contributed by atoms with Crippen LogP contribution in [0.4, 0.5) is 5.69 Å². The van der Waals surface area contributed by atoms with E-state index in [4.69, 9.17) is 0 Å². The molecule has 108 valence electrons. The number of anilines is 1. The number of amides is 1. The molecule has 1 aliphatic heterocycles. The van der Waals surface area contributed by atoms with Crippen LogP contribution in [0, 0.1) is 6.92 Å². The first-order chi connectivity index (χ1) is 10.0. The highest BCUT2D eigenvalue weighted by atomic mass is 32.2. The summed E-state index contributed by atoms with van der Waals surface area (Å²) in [5.74, 6) is 0.433. The molecule has 0 atom stereocenters. The molecule has 2 heterocycles. The number of ketones is 1. The van der Waals surface area contributed by atoms with Crippen LogP contribution in [0.2, 0.25) is 0 Å². The average molecular weight is 319 g/mol. The molecule has 1 aromatic carbocycles. The van der Waals surface area contributed by atoms with Gasteiger partial charge in [0, 0.05) is 18.3 Å². The molecule has 0 saturated heterocycles. The van der Waals surface area contributed by atoms with Crippen LogP contribution >= 0.6 is 23.1 Å². The average Bonchev–Trinajstić information content (AvgIpc) is 3.00. The second-order valence-corrected chi connectivity index (χ2v) is 7.18. The van der Waals surface area contributed by atoms with E-state index in [1.807, 2.05) is 19.1 Å². The number of aromatic nitrogens is 2. The van der Waals surface area contributed by atoms with Crippen LogP contribution in [0.3, 0.4) is 0 Å². The van der Waals surface area contributed by atoms with Crippen molar-refractivity contribution < 1.29 is 9.59 Å². The Balaban J connectivity index is 1.71. The number of thioether (sulfide) groups is 1. The van der Waals surface area contributed by atoms with Crippen LogP contribution in [-0.4, -0.2) is 34.7 Å². The molecule has 3 rings (SSSR count). The number of likely N-dealkylation sites (N-methyl/N-ethyl adjacent to an activating group) is 1. The summed E-state index contributed by atoms with van der Waals surface area (Å²) in [6, 6.07) is 5.44. The maximum atomic E-state index is 12.2. The molecule has 0 N–H and O–H groups in total. The van der Waals surface area contributed by atoms with Crippen molar-refractivity contribution in [2.24, 2.45) is 0 Å². The van der Waals surface area contributed by atoms with Crippen LogP contribution in [-0.2, 0) is 11.2 Å². The number of hydrogen-bond donors (Lipinski definition) is 0. The second-order valence-electron chi connectivity index (χ2n) is 4.77. The molecule has 7 heteroatoms. The Bertz CT molecular complexity index is 727. The Morgan fingerprint density at radius 3 is 2.95 bits per heavy atom. The number of benzene rings is 1. The van der Waals surface area contributed by atoms with E-state index in [9.17, 15) is 9.59 Å². The minimum atomic E-state index is 0.0395. The molecule has 1 amide bonds. The Hall–Kier alpha value is -1.73. The number of carbonyl (C=O) groups is 2. The smallest absolute Gasteiger partial charge is 0.231 e. The van der Waals surface area contributed by atoms with Gasteiger partial charge in [-0.1, -0.05) is 23.1 Å². The fraction of sp³-hybridized carbons (Fsp3) is 0.286. The third-order valence-electron chi connectivity index (χ3n) is 3.31. The van der Waals surface area contributed by atoms with Gasteiger partial charge in [0.15, 0.2) is 10.1 Å². The van der Waals surface area contributed by atoms with Crippen molar-refractivity contribution in [2.75, 3.05) is 17.7 Å². The predicted octanol–water partition coefficient (Wildman–Crippen LogP) is 2.34. The van der Waals surface area contributed by atoms with E-state index in [0.717, 1.165) is 20.6 Å². The number of Topliss-reactive ketones (excluding diaryl/α,β-unsaturated/α-hetero) is 1. The topological polar surface area (TPSA) is 63.2 Å². The predicted molar refractivity (Wildman–Crippen MR) is 83.3 cm³/mol. The zero-order valence-electron chi connectivity index (χ0n) is 11.6. The van der Waals surface area contributed by atoms with Gasteiger partial charge in [-0.3, -0.25) is 9.59 Å². The van der Waals surface area contributed by atoms with Crippen molar-refractivity contribution in [3.63, 3.8) is 0 Å². The Morgan fingerprint density at radius 2 is 2.24 bits per heavy atom. The first-order valence-corrected chi connectivity index (χ1v) is 8.20. The quantitative estimate of drug-likeness (QED) is 0.639. The van der Waals surface area contributed by atoms with E-state index < -0.39 is 0 Å². The number of hydrogen-bond acceptors (Lipinski definition) is 6. The van der Waals surface area contributed by atoms with Crippen molar-refractivity contribution >= 4 is 40.5 Å². The lowest BCUT2D eigenvalue weighted by Crippen LogP contribution is -2.20. The molecule has 0 spiro atoms. The van der Waals surface area contributed by atoms with Gasteiger partial charge in [-0.15, -0.1) is 10.2 Å². The summed E-state index contributed by atoms with van der Waals surface area (Å²) >= 11 is 2.88. The number of fused-ring (bicyclic) bond motifs is 1. The van der Waals surface area contributed by atoms with Gasteiger partial charge in [-0.05, 0) is 30.7 Å². The largest absolute Gasteiger partial charge is 0.315 e. The zero-order valence-corrected chi connectivity index (χ0v) is 13.3. The number of carbonyl (C=O) groups excluding carboxylic acids is 2. The van der Waals surface area contributed by atoms with Gasteiger partial charge in [-0.2, -0.15) is 0 Å². The Kier molecular flexibility index (Phi) is 3.77. The molecule has 0 saturated carbocycles. The molecular weight excluding hydrogens is 306 g/mol. The second kappa shape index (κ2) is 5.57. The van der Waals surface area contributed by atoms with E-state index in [2.05, 4.69) is 10.2 Å². The molecule has 0 radical (unpaired) electrons. The van der Waals surface area contributed by atoms with Crippen molar-refractivity contribution in [1.82, 2.24) is 10.2 Å². The summed E-state index contributed by atoms with van der Waals surface area (Å²) in [4.78, 5) is 25.5. The van der Waals surface area contributed by atoms with Crippen molar-refractivity contribution in [1.29, 1.82) is 0 Å². The first-order valence-electron chi connectivity index (χ1n) is 6.40. The standard InChI is InChI=1S/C14H13N3O2S2/c1-8-15-16-14(21-8)20-7-12(18)9-3-4-11-10(5-9)6-13(19)17(11)2/h3-5H,6-7H2,1-2H3. The van der Waals surface area contributed by atoms with E-state index >= 15 is 0 Å². The van der Waals surface area contributed by atoms with E-state index in [-0.39, 0.29) is 11.7 Å². The minimum Gasteiger partial charge on any atom is -0.315 e. The van der Waals surface area contributed by atoms with Crippen LogP contribution in [0.5, 0.6) is 0 Å². The highest BCUT2D eigenvalue weighted by Gasteiger charge is 2.24. The van der Waals surface area contributed by atoms with Gasteiger partial charge in [0.2, 0.25) is 5.91 Å². The van der Waals surface area contributed by atoms with Crippen LogP contribution in [0.25, 0.3) is 0 Å². The van der Waals surface area contributed by atoms with Crippen LogP contribution < -0.4 is 4.90 Å². The summed E-state index contributed by atoms with van der Waals surface area (Å²) in [5.41, 5.74) is 2.46. The van der Waals surface area contributed by atoms with Gasteiger partial charge in [-0.25, -0.2) is 0 Å². The Morgan fingerprint density at radius 1 is 1.43 bits per heavy atom. The summed E-state index contributed by atoms with van der Waals surface area (Å²) < 4.78 is 0.803. The molecule has 0 aliphatic carbocycles. The van der Waals surface area contributed by atoms with Crippen molar-refractivity contribution in [3.8, 4) is 0 Å². The zero-order chi connectivity index (χ0) is 15.0. The summed E-state index contributed by atoms with van der Waals surface area (Å²) in [6.07, 6.45) is 0.371. The van der Waals surface area contributed by atoms with E-state index in [1.54, 1.807) is 18.0 Å². The molecule has 2 aromatic rings. The maximum absolute atomic E-state index is 12.2. The number of aryl methyl sites for hydroxylation is 1. The van der Waals surface area contributed by atoms with E-state index in [1.165, 1.54) is 23.1 Å². The molecule has 21 heavy (non-hydrogen) atoms. The number of nitrogens with zero attached hydrogens (tertiary/aromatic N) is 3. The van der Waals surface area contributed by atoms with Gasteiger partial charge in [0.25, 0.3) is 0 Å². The highest BCUT2D eigenvalue weighted by molar-refractivity contribution is 8.01. The minimum absolute atomic E-state index is 0.0395. The summed E-state index contributed by atoms with van der Waals surface area (Å²) in [7, 11) is 1.75. The van der Waals surface area contributed by atoms with Crippen molar-refractivity contribution in [2.45, 2.75) is 17.7 Å². The summed E-state index contributed by atoms with van der Waals surface area (Å²) in [6.45, 7) is 1.89. The van der Waals surface area contributed by atoms with Gasteiger partial charge in [0.05, 0.1) is 12.2 Å². The molecule has 1 aliphatic rings. The fourth-order valence-corrected chi connectivity index (χ4v) is 3.90. The molecule has 1 aromatic heterocycles. The molecular formula is C14H13N3O2S2. The molecule has 0 fully saturated rings. The molecule has 5 nitrogen and oxygen atoms in total. The maximum Gasteiger partial charge on any atom is 0.231 e. The Labute approximate surface area is 130 Å². The van der Waals surface area contributed by atoms with Gasteiger partial charge >= 0.3 is 0 Å². The van der Waals surface area contributed by atoms with Crippen molar-refractivity contribution in [3.05, 3.63) is 34.3 Å². The fourth-order valence-electron chi connectivity index (χ4n) is 2.19. The van der Waals surface area contributed by atoms with E-state index in [0.29, 0.717) is 17.7 Å². The third-order valence-corrected chi connectivity index (χ3v) is 5.28. The highest BCUT2D eigenvalue weighted by Crippen LogP contribution is 2.29. The monoisotopic (exact) mass is 319 g/mol. The lowest BCUT2D eigenvalue weighted by Gasteiger charge is -2.10.